The summed E-state index contributed by atoms with van der Waals surface area (Å²) in [6.45, 7) is 0. The first-order chi connectivity index (χ1) is 9.79. The zero-order valence-electron chi connectivity index (χ0n) is 11.3. The second-order valence-corrected chi connectivity index (χ2v) is 6.17. The quantitative estimate of drug-likeness (QED) is 0.710. The molecule has 1 aromatic heterocycles. The minimum absolute atomic E-state index is 0.258. The Kier molecular flexibility index (Phi) is 4.06. The molecule has 0 aliphatic carbocycles. The molecule has 0 radical (unpaired) electrons. The predicted molar refractivity (Wildman–Crippen MR) is 88.8 cm³/mol. The molecule has 20 heavy (non-hydrogen) atoms. The number of benzene rings is 2. The predicted octanol–water partition coefficient (Wildman–Crippen LogP) is 5.06. The van der Waals surface area contributed by atoms with Gasteiger partial charge in [-0.1, -0.05) is 54.1 Å². The minimum atomic E-state index is 0.258. The van der Waals surface area contributed by atoms with E-state index < -0.39 is 0 Å². The summed E-state index contributed by atoms with van der Waals surface area (Å²) in [5.41, 5.74) is 1.35. The van der Waals surface area contributed by atoms with Crippen molar-refractivity contribution in [2.75, 3.05) is 7.05 Å². The van der Waals surface area contributed by atoms with Crippen LogP contribution in [0.1, 0.15) is 16.5 Å². The van der Waals surface area contributed by atoms with Gasteiger partial charge in [-0.2, -0.15) is 0 Å². The van der Waals surface area contributed by atoms with E-state index in [-0.39, 0.29) is 6.04 Å². The number of likely N-dealkylation sites (N-methyl/N-ethyl adjacent to an activating group) is 1. The lowest BCUT2D eigenvalue weighted by atomic mass is 9.98. The lowest BCUT2D eigenvalue weighted by molar-refractivity contribution is 0.604. The van der Waals surface area contributed by atoms with Gasteiger partial charge in [-0.05, 0) is 41.3 Å². The molecule has 2 aromatic carbocycles. The monoisotopic (exact) mass is 301 g/mol. The lowest BCUT2D eigenvalue weighted by Gasteiger charge is -2.16. The van der Waals surface area contributed by atoms with Gasteiger partial charge in [0, 0.05) is 10.9 Å². The second kappa shape index (κ2) is 5.96. The molecular formula is C17H16ClNS. The molecule has 0 bridgehead atoms. The fourth-order valence-corrected chi connectivity index (χ4v) is 3.87. The zero-order valence-corrected chi connectivity index (χ0v) is 12.8. The van der Waals surface area contributed by atoms with Crippen molar-refractivity contribution >= 4 is 33.7 Å². The zero-order chi connectivity index (χ0) is 13.9. The van der Waals surface area contributed by atoms with Gasteiger partial charge in [0.15, 0.2) is 0 Å². The summed E-state index contributed by atoms with van der Waals surface area (Å²) in [5.74, 6) is 0. The Bertz CT molecular complexity index is 714. The molecule has 1 heterocycles. The molecular weight excluding hydrogens is 286 g/mol. The average Bonchev–Trinajstić information content (AvgIpc) is 2.91. The SMILES string of the molecule is CNC(Cc1cccc2ccccc12)c1sccc1Cl. The summed E-state index contributed by atoms with van der Waals surface area (Å²) in [6, 6.07) is 17.2. The molecule has 0 aliphatic rings. The highest BCUT2D eigenvalue weighted by Crippen LogP contribution is 2.32. The molecule has 0 amide bonds. The van der Waals surface area contributed by atoms with Gasteiger partial charge in [0.25, 0.3) is 0 Å². The maximum absolute atomic E-state index is 6.27. The Morgan fingerprint density at radius 1 is 1.10 bits per heavy atom. The van der Waals surface area contributed by atoms with Crippen LogP contribution in [0.2, 0.25) is 5.02 Å². The number of fused-ring (bicyclic) bond motifs is 1. The van der Waals surface area contributed by atoms with Gasteiger partial charge < -0.3 is 5.32 Å². The third kappa shape index (κ3) is 2.59. The fraction of sp³-hybridized carbons (Fsp3) is 0.176. The molecule has 3 rings (SSSR count). The van der Waals surface area contributed by atoms with Crippen molar-refractivity contribution < 1.29 is 0 Å². The highest BCUT2D eigenvalue weighted by Gasteiger charge is 2.16. The smallest absolute Gasteiger partial charge is 0.0561 e. The summed E-state index contributed by atoms with van der Waals surface area (Å²) in [5, 5.41) is 8.90. The highest BCUT2D eigenvalue weighted by molar-refractivity contribution is 7.10. The van der Waals surface area contributed by atoms with E-state index in [4.69, 9.17) is 11.6 Å². The Morgan fingerprint density at radius 2 is 1.90 bits per heavy atom. The van der Waals surface area contributed by atoms with E-state index in [1.54, 1.807) is 11.3 Å². The molecule has 1 unspecified atom stereocenters. The lowest BCUT2D eigenvalue weighted by Crippen LogP contribution is -2.18. The summed E-state index contributed by atoms with van der Waals surface area (Å²) in [6.07, 6.45) is 0.943. The molecule has 0 spiro atoms. The van der Waals surface area contributed by atoms with E-state index in [0.29, 0.717) is 0 Å². The van der Waals surface area contributed by atoms with E-state index >= 15 is 0 Å². The molecule has 102 valence electrons. The third-order valence-corrected chi connectivity index (χ3v) is 5.09. The fourth-order valence-electron chi connectivity index (χ4n) is 2.57. The largest absolute Gasteiger partial charge is 0.312 e. The van der Waals surface area contributed by atoms with Crippen LogP contribution >= 0.6 is 22.9 Å². The van der Waals surface area contributed by atoms with Gasteiger partial charge in [-0.25, -0.2) is 0 Å². The highest BCUT2D eigenvalue weighted by atomic mass is 35.5. The Morgan fingerprint density at radius 3 is 2.65 bits per heavy atom. The second-order valence-electron chi connectivity index (χ2n) is 4.82. The van der Waals surface area contributed by atoms with Crippen molar-refractivity contribution in [2.45, 2.75) is 12.5 Å². The molecule has 0 saturated carbocycles. The first kappa shape index (κ1) is 13.6. The third-order valence-electron chi connectivity index (χ3n) is 3.61. The standard InChI is InChI=1S/C17H16ClNS/c1-19-16(17-15(18)9-10-20-17)11-13-7-4-6-12-5-2-3-8-14(12)13/h2-10,16,19H,11H2,1H3. The van der Waals surface area contributed by atoms with Crippen molar-refractivity contribution in [1.82, 2.24) is 5.32 Å². The van der Waals surface area contributed by atoms with Crippen molar-refractivity contribution in [3.63, 3.8) is 0 Å². The van der Waals surface area contributed by atoms with Crippen LogP contribution in [0.25, 0.3) is 10.8 Å². The van der Waals surface area contributed by atoms with Crippen LogP contribution in [0.5, 0.6) is 0 Å². The van der Waals surface area contributed by atoms with Gasteiger partial charge in [-0.15, -0.1) is 11.3 Å². The number of halogens is 1. The van der Waals surface area contributed by atoms with Crippen LogP contribution in [0.4, 0.5) is 0 Å². The average molecular weight is 302 g/mol. The van der Waals surface area contributed by atoms with E-state index in [1.165, 1.54) is 21.2 Å². The van der Waals surface area contributed by atoms with Gasteiger partial charge in [-0.3, -0.25) is 0 Å². The van der Waals surface area contributed by atoms with Crippen LogP contribution in [0, 0.1) is 0 Å². The Hall–Kier alpha value is -1.35. The number of hydrogen-bond acceptors (Lipinski definition) is 2. The molecule has 3 aromatic rings. The van der Waals surface area contributed by atoms with Gasteiger partial charge >= 0.3 is 0 Å². The van der Waals surface area contributed by atoms with Crippen molar-refractivity contribution in [3.8, 4) is 0 Å². The van der Waals surface area contributed by atoms with Crippen LogP contribution in [0.3, 0.4) is 0 Å². The molecule has 0 aliphatic heterocycles. The number of nitrogens with one attached hydrogen (secondary N) is 1. The van der Waals surface area contributed by atoms with E-state index in [0.717, 1.165) is 11.4 Å². The summed E-state index contributed by atoms with van der Waals surface area (Å²) in [7, 11) is 1.99. The van der Waals surface area contributed by atoms with Gasteiger partial charge in [0.1, 0.15) is 0 Å². The summed E-state index contributed by atoms with van der Waals surface area (Å²) in [4.78, 5) is 1.21. The van der Waals surface area contributed by atoms with Crippen molar-refractivity contribution in [3.05, 3.63) is 69.4 Å². The first-order valence-electron chi connectivity index (χ1n) is 6.66. The maximum Gasteiger partial charge on any atom is 0.0561 e. The number of thiophene rings is 1. The van der Waals surface area contributed by atoms with Crippen LogP contribution in [0.15, 0.2) is 53.9 Å². The molecule has 0 fully saturated rings. The van der Waals surface area contributed by atoms with Crippen molar-refractivity contribution in [2.24, 2.45) is 0 Å². The Labute approximate surface area is 128 Å². The Balaban J connectivity index is 1.98. The summed E-state index contributed by atoms with van der Waals surface area (Å²) < 4.78 is 0. The van der Waals surface area contributed by atoms with E-state index in [9.17, 15) is 0 Å². The number of hydrogen-bond donors (Lipinski definition) is 1. The molecule has 0 saturated heterocycles. The maximum atomic E-state index is 6.27. The topological polar surface area (TPSA) is 12.0 Å². The molecule has 1 nitrogen and oxygen atoms in total. The van der Waals surface area contributed by atoms with Crippen LogP contribution in [-0.4, -0.2) is 7.05 Å². The van der Waals surface area contributed by atoms with Crippen LogP contribution in [-0.2, 0) is 6.42 Å². The number of rotatable bonds is 4. The van der Waals surface area contributed by atoms with E-state index in [1.807, 2.05) is 18.5 Å². The normalized spacial score (nSPS) is 12.7. The molecule has 3 heteroatoms. The summed E-state index contributed by atoms with van der Waals surface area (Å²) >= 11 is 7.98. The van der Waals surface area contributed by atoms with E-state index in [2.05, 4.69) is 47.8 Å². The van der Waals surface area contributed by atoms with Gasteiger partial charge in [0.05, 0.1) is 5.02 Å². The van der Waals surface area contributed by atoms with Crippen LogP contribution < -0.4 is 5.32 Å². The first-order valence-corrected chi connectivity index (χ1v) is 7.92. The molecule has 1 atom stereocenters. The minimum Gasteiger partial charge on any atom is -0.312 e. The van der Waals surface area contributed by atoms with Crippen molar-refractivity contribution in [1.29, 1.82) is 0 Å². The van der Waals surface area contributed by atoms with Gasteiger partial charge in [0.2, 0.25) is 0 Å². The molecule has 1 N–H and O–H groups in total.